The zero-order valence-corrected chi connectivity index (χ0v) is 17.3. The number of aryl methyl sites for hydroxylation is 2. The maximum absolute atomic E-state index is 12.6. The van der Waals surface area contributed by atoms with Gasteiger partial charge in [-0.1, -0.05) is 6.07 Å². The highest BCUT2D eigenvalue weighted by molar-refractivity contribution is 5.95. The van der Waals surface area contributed by atoms with Gasteiger partial charge in [0.25, 0.3) is 5.91 Å². The van der Waals surface area contributed by atoms with E-state index in [0.29, 0.717) is 35.7 Å². The molecule has 0 fully saturated rings. The summed E-state index contributed by atoms with van der Waals surface area (Å²) in [4.78, 5) is 40.2. The standard InChI is InChI=1S/C22H25N5O3/c1-14-6-5-13-27-20(15(2)24-21(14)27)22(30)23-12-4-7-19(29)26-18-10-8-17(9-11-18)25-16(3)28/h5-6,8-11,13H,4,7,12H2,1-3H3,(H,23,30)(H,25,28)(H,26,29). The van der Waals surface area contributed by atoms with Crippen molar-refractivity contribution in [2.75, 3.05) is 17.2 Å². The Morgan fingerprint density at radius 1 is 1.00 bits per heavy atom. The topological polar surface area (TPSA) is 105 Å². The quantitative estimate of drug-likeness (QED) is 0.524. The fraction of sp³-hybridized carbons (Fsp3) is 0.273. The molecule has 1 aromatic carbocycles. The smallest absolute Gasteiger partial charge is 0.270 e. The van der Waals surface area contributed by atoms with E-state index in [-0.39, 0.29) is 24.1 Å². The SMILES string of the molecule is CC(=O)Nc1ccc(NC(=O)CCCNC(=O)c2c(C)nc3c(C)cccn23)cc1. The minimum Gasteiger partial charge on any atom is -0.351 e. The van der Waals surface area contributed by atoms with Gasteiger partial charge in [0.15, 0.2) is 0 Å². The van der Waals surface area contributed by atoms with Crippen LogP contribution in [0.15, 0.2) is 42.6 Å². The van der Waals surface area contributed by atoms with Crippen LogP contribution < -0.4 is 16.0 Å². The van der Waals surface area contributed by atoms with Gasteiger partial charge in [0.05, 0.1) is 5.69 Å². The van der Waals surface area contributed by atoms with Gasteiger partial charge in [-0.25, -0.2) is 4.98 Å². The zero-order chi connectivity index (χ0) is 21.7. The predicted octanol–water partition coefficient (Wildman–Crippen LogP) is 3.06. The Morgan fingerprint density at radius 2 is 1.67 bits per heavy atom. The first-order valence-corrected chi connectivity index (χ1v) is 9.75. The average Bonchev–Trinajstić information content (AvgIpc) is 3.04. The molecule has 0 unspecified atom stereocenters. The van der Waals surface area contributed by atoms with Crippen LogP contribution >= 0.6 is 0 Å². The lowest BCUT2D eigenvalue weighted by Crippen LogP contribution is -2.27. The minimum atomic E-state index is -0.209. The maximum Gasteiger partial charge on any atom is 0.270 e. The normalized spacial score (nSPS) is 10.6. The fourth-order valence-corrected chi connectivity index (χ4v) is 3.19. The van der Waals surface area contributed by atoms with Crippen LogP contribution in [-0.4, -0.2) is 33.7 Å². The number of nitrogens with zero attached hydrogens (tertiary/aromatic N) is 2. The van der Waals surface area contributed by atoms with E-state index in [9.17, 15) is 14.4 Å². The molecule has 30 heavy (non-hydrogen) atoms. The van der Waals surface area contributed by atoms with Crippen molar-refractivity contribution in [2.24, 2.45) is 0 Å². The summed E-state index contributed by atoms with van der Waals surface area (Å²) in [6.45, 7) is 5.58. The summed E-state index contributed by atoms with van der Waals surface area (Å²) in [6.07, 6.45) is 2.61. The number of aromatic nitrogens is 2. The summed E-state index contributed by atoms with van der Waals surface area (Å²) in [5.41, 5.74) is 4.26. The van der Waals surface area contributed by atoms with Crippen molar-refractivity contribution in [3.05, 3.63) is 59.5 Å². The molecule has 3 amide bonds. The first kappa shape index (κ1) is 21.0. The number of carbonyl (C=O) groups is 3. The van der Waals surface area contributed by atoms with Crippen molar-refractivity contribution >= 4 is 34.7 Å². The highest BCUT2D eigenvalue weighted by atomic mass is 16.2. The lowest BCUT2D eigenvalue weighted by molar-refractivity contribution is -0.116. The molecule has 0 radical (unpaired) electrons. The molecular weight excluding hydrogens is 382 g/mol. The fourth-order valence-electron chi connectivity index (χ4n) is 3.19. The van der Waals surface area contributed by atoms with Crippen molar-refractivity contribution in [2.45, 2.75) is 33.6 Å². The molecule has 3 aromatic rings. The number of rotatable bonds is 7. The number of amides is 3. The molecule has 3 rings (SSSR count). The van der Waals surface area contributed by atoms with E-state index in [1.54, 1.807) is 28.7 Å². The predicted molar refractivity (Wildman–Crippen MR) is 116 cm³/mol. The minimum absolute atomic E-state index is 0.141. The van der Waals surface area contributed by atoms with Crippen LogP contribution in [0, 0.1) is 13.8 Å². The highest BCUT2D eigenvalue weighted by Crippen LogP contribution is 2.16. The Bertz CT molecular complexity index is 1090. The maximum atomic E-state index is 12.6. The zero-order valence-electron chi connectivity index (χ0n) is 17.3. The Hall–Kier alpha value is -3.68. The summed E-state index contributed by atoms with van der Waals surface area (Å²) in [5.74, 6) is -0.499. The number of hydrogen-bond donors (Lipinski definition) is 3. The molecular formula is C22H25N5O3. The molecule has 0 aliphatic carbocycles. The Morgan fingerprint density at radius 3 is 2.33 bits per heavy atom. The molecule has 0 aliphatic rings. The first-order valence-electron chi connectivity index (χ1n) is 9.75. The third-order valence-corrected chi connectivity index (χ3v) is 4.59. The number of anilines is 2. The van der Waals surface area contributed by atoms with Crippen LogP contribution in [0.5, 0.6) is 0 Å². The second-order valence-corrected chi connectivity index (χ2v) is 7.10. The highest BCUT2D eigenvalue weighted by Gasteiger charge is 2.17. The second kappa shape index (κ2) is 9.21. The van der Waals surface area contributed by atoms with Gasteiger partial charge < -0.3 is 16.0 Å². The molecule has 0 saturated carbocycles. The molecule has 2 heterocycles. The third kappa shape index (κ3) is 5.02. The van der Waals surface area contributed by atoms with Gasteiger partial charge in [-0.15, -0.1) is 0 Å². The largest absolute Gasteiger partial charge is 0.351 e. The van der Waals surface area contributed by atoms with Gasteiger partial charge in [-0.2, -0.15) is 0 Å². The van der Waals surface area contributed by atoms with Crippen LogP contribution in [0.2, 0.25) is 0 Å². The molecule has 156 valence electrons. The lowest BCUT2D eigenvalue weighted by atomic mass is 10.2. The van der Waals surface area contributed by atoms with E-state index in [1.807, 2.05) is 32.2 Å². The van der Waals surface area contributed by atoms with Crippen molar-refractivity contribution in [3.8, 4) is 0 Å². The Balaban J connectivity index is 1.47. The summed E-state index contributed by atoms with van der Waals surface area (Å²) in [7, 11) is 0. The number of benzene rings is 1. The second-order valence-electron chi connectivity index (χ2n) is 7.10. The van der Waals surface area contributed by atoms with Gasteiger partial charge in [0.1, 0.15) is 11.3 Å². The number of imidazole rings is 1. The van der Waals surface area contributed by atoms with E-state index >= 15 is 0 Å². The lowest BCUT2D eigenvalue weighted by Gasteiger charge is -2.08. The molecule has 8 nitrogen and oxygen atoms in total. The van der Waals surface area contributed by atoms with E-state index in [0.717, 1.165) is 11.2 Å². The Labute approximate surface area is 174 Å². The summed E-state index contributed by atoms with van der Waals surface area (Å²) in [5, 5.41) is 8.33. The van der Waals surface area contributed by atoms with E-state index in [4.69, 9.17) is 0 Å². The van der Waals surface area contributed by atoms with E-state index in [2.05, 4.69) is 20.9 Å². The van der Waals surface area contributed by atoms with Crippen molar-refractivity contribution < 1.29 is 14.4 Å². The third-order valence-electron chi connectivity index (χ3n) is 4.59. The molecule has 8 heteroatoms. The number of pyridine rings is 1. The van der Waals surface area contributed by atoms with E-state index < -0.39 is 0 Å². The molecule has 0 saturated heterocycles. The molecule has 3 N–H and O–H groups in total. The average molecular weight is 407 g/mol. The summed E-state index contributed by atoms with van der Waals surface area (Å²) in [6, 6.07) is 10.7. The van der Waals surface area contributed by atoms with Gasteiger partial charge in [-0.05, 0) is 56.2 Å². The molecule has 0 spiro atoms. The molecule has 2 aromatic heterocycles. The van der Waals surface area contributed by atoms with Gasteiger partial charge in [0.2, 0.25) is 11.8 Å². The summed E-state index contributed by atoms with van der Waals surface area (Å²) >= 11 is 0. The molecule has 0 aliphatic heterocycles. The van der Waals surface area contributed by atoms with Crippen LogP contribution in [0.25, 0.3) is 5.65 Å². The Kier molecular flexibility index (Phi) is 6.46. The van der Waals surface area contributed by atoms with Crippen molar-refractivity contribution in [1.82, 2.24) is 14.7 Å². The number of fused-ring (bicyclic) bond motifs is 1. The van der Waals surface area contributed by atoms with Crippen LogP contribution in [0.3, 0.4) is 0 Å². The number of carbonyl (C=O) groups excluding carboxylic acids is 3. The number of hydrogen-bond acceptors (Lipinski definition) is 4. The van der Waals surface area contributed by atoms with Gasteiger partial charge >= 0.3 is 0 Å². The van der Waals surface area contributed by atoms with E-state index in [1.165, 1.54) is 6.92 Å². The first-order chi connectivity index (χ1) is 14.3. The van der Waals surface area contributed by atoms with Crippen molar-refractivity contribution in [3.63, 3.8) is 0 Å². The summed E-state index contributed by atoms with van der Waals surface area (Å²) < 4.78 is 1.79. The van der Waals surface area contributed by atoms with Crippen molar-refractivity contribution in [1.29, 1.82) is 0 Å². The van der Waals surface area contributed by atoms with Crippen LogP contribution in [0.1, 0.15) is 41.5 Å². The van der Waals surface area contributed by atoms with Gasteiger partial charge in [0, 0.05) is 37.5 Å². The molecule has 0 bridgehead atoms. The van der Waals surface area contributed by atoms with Crippen LogP contribution in [-0.2, 0) is 9.59 Å². The monoisotopic (exact) mass is 407 g/mol. The molecule has 0 atom stereocenters. The number of nitrogens with one attached hydrogen (secondary N) is 3. The van der Waals surface area contributed by atoms with Crippen LogP contribution in [0.4, 0.5) is 11.4 Å². The van der Waals surface area contributed by atoms with Gasteiger partial charge in [-0.3, -0.25) is 18.8 Å².